The first-order valence-corrected chi connectivity index (χ1v) is 8.99. The lowest BCUT2D eigenvalue weighted by Crippen LogP contribution is -2.16. The van der Waals surface area contributed by atoms with Crippen LogP contribution in [0.25, 0.3) is 0 Å². The molecule has 1 aromatic heterocycles. The van der Waals surface area contributed by atoms with E-state index in [2.05, 4.69) is 30.8 Å². The van der Waals surface area contributed by atoms with Crippen molar-refractivity contribution < 1.29 is 13.2 Å². The normalized spacial score (nSPS) is 11.5. The van der Waals surface area contributed by atoms with Crippen molar-refractivity contribution in [1.29, 1.82) is 0 Å². The Bertz CT molecular complexity index is 1000. The Kier molecular flexibility index (Phi) is 6.45. The molecule has 30 heavy (non-hydrogen) atoms. The Balaban J connectivity index is 1.77. The molecule has 0 aliphatic carbocycles. The van der Waals surface area contributed by atoms with Crippen LogP contribution in [0, 0.1) is 0 Å². The summed E-state index contributed by atoms with van der Waals surface area (Å²) in [6.07, 6.45) is -3.39. The molecule has 0 spiro atoms. The van der Waals surface area contributed by atoms with E-state index in [0.29, 0.717) is 18.4 Å². The van der Waals surface area contributed by atoms with E-state index < -0.39 is 11.7 Å². The van der Waals surface area contributed by atoms with Gasteiger partial charge < -0.3 is 10.2 Å². The van der Waals surface area contributed by atoms with Crippen LogP contribution in [0.2, 0.25) is 0 Å². The average Bonchev–Trinajstić information content (AvgIpc) is 2.72. The van der Waals surface area contributed by atoms with E-state index in [1.807, 2.05) is 30.3 Å². The van der Waals surface area contributed by atoms with Crippen molar-refractivity contribution >= 4 is 24.1 Å². The molecule has 0 unspecified atom stereocenters. The van der Waals surface area contributed by atoms with E-state index in [0.717, 1.165) is 17.8 Å². The summed E-state index contributed by atoms with van der Waals surface area (Å²) in [5.74, 6) is 0.782. The van der Waals surface area contributed by atoms with Crippen LogP contribution in [-0.4, -0.2) is 35.3 Å². The van der Waals surface area contributed by atoms with Crippen molar-refractivity contribution in [3.8, 4) is 0 Å². The van der Waals surface area contributed by atoms with Gasteiger partial charge in [0.2, 0.25) is 17.8 Å². The molecule has 1 heterocycles. The van der Waals surface area contributed by atoms with Gasteiger partial charge in [-0.05, 0) is 11.6 Å². The van der Waals surface area contributed by atoms with Gasteiger partial charge in [-0.15, -0.1) is 0 Å². The summed E-state index contributed by atoms with van der Waals surface area (Å²) in [7, 11) is 3.53. The summed E-state index contributed by atoms with van der Waals surface area (Å²) >= 11 is 0. The molecule has 2 aromatic carbocycles. The zero-order valence-electron chi connectivity index (χ0n) is 16.4. The van der Waals surface area contributed by atoms with Gasteiger partial charge >= 0.3 is 6.18 Å². The highest BCUT2D eigenvalue weighted by molar-refractivity contribution is 5.82. The first-order chi connectivity index (χ1) is 14.3. The third-order valence-electron chi connectivity index (χ3n) is 3.95. The number of hydrogen-bond donors (Lipinski definition) is 2. The van der Waals surface area contributed by atoms with Crippen LogP contribution in [0.3, 0.4) is 0 Å². The zero-order chi connectivity index (χ0) is 21.6. The minimum absolute atomic E-state index is 0.0678. The molecule has 0 bridgehead atoms. The molecule has 0 atom stereocenters. The van der Waals surface area contributed by atoms with Crippen molar-refractivity contribution in [2.24, 2.45) is 5.10 Å². The van der Waals surface area contributed by atoms with Gasteiger partial charge in [0.25, 0.3) is 0 Å². The number of nitrogens with one attached hydrogen (secondary N) is 2. The number of anilines is 3. The largest absolute Gasteiger partial charge is 0.417 e. The van der Waals surface area contributed by atoms with Crippen molar-refractivity contribution in [1.82, 2.24) is 15.0 Å². The quantitative estimate of drug-likeness (QED) is 0.448. The fraction of sp³-hybridized carbons (Fsp3) is 0.200. The van der Waals surface area contributed by atoms with Crippen LogP contribution in [0.15, 0.2) is 59.7 Å². The van der Waals surface area contributed by atoms with Crippen molar-refractivity contribution in [3.63, 3.8) is 0 Å². The van der Waals surface area contributed by atoms with E-state index in [4.69, 9.17) is 0 Å². The van der Waals surface area contributed by atoms with Crippen molar-refractivity contribution in [3.05, 3.63) is 71.3 Å². The highest BCUT2D eigenvalue weighted by Crippen LogP contribution is 2.31. The molecule has 0 saturated carbocycles. The summed E-state index contributed by atoms with van der Waals surface area (Å²) in [6.45, 7) is 0.499. The smallest absolute Gasteiger partial charge is 0.350 e. The summed E-state index contributed by atoms with van der Waals surface area (Å²) in [6, 6.07) is 14.9. The average molecular weight is 415 g/mol. The molecule has 0 radical (unpaired) electrons. The molecule has 2 N–H and O–H groups in total. The summed E-state index contributed by atoms with van der Waals surface area (Å²) in [4.78, 5) is 14.4. The Labute approximate surface area is 171 Å². The topological polar surface area (TPSA) is 78.3 Å². The van der Waals surface area contributed by atoms with Crippen molar-refractivity contribution in [2.75, 3.05) is 29.7 Å². The molecular formula is C20H20F3N7. The molecular weight excluding hydrogens is 395 g/mol. The van der Waals surface area contributed by atoms with Gasteiger partial charge in [-0.2, -0.15) is 33.2 Å². The van der Waals surface area contributed by atoms with Crippen LogP contribution >= 0.6 is 0 Å². The third-order valence-corrected chi connectivity index (χ3v) is 3.95. The predicted molar refractivity (Wildman–Crippen MR) is 111 cm³/mol. The second-order valence-corrected chi connectivity index (χ2v) is 6.47. The SMILES string of the molecule is CN(C)c1nc(NCc2ccccc2)nc(N/N=C\c2ccccc2C(F)(F)F)n1. The second kappa shape index (κ2) is 9.21. The number of aromatic nitrogens is 3. The standard InChI is InChI=1S/C20H20F3N7/c1-30(2)19-27-17(24-12-14-8-4-3-5-9-14)26-18(28-19)29-25-13-15-10-6-7-11-16(15)20(21,22)23/h3-11,13H,12H2,1-2H3,(H2,24,26,27,28,29)/b25-13-. The number of hydrogen-bond acceptors (Lipinski definition) is 7. The summed E-state index contributed by atoms with van der Waals surface area (Å²) in [5.41, 5.74) is 2.78. The van der Waals surface area contributed by atoms with E-state index in [9.17, 15) is 13.2 Å². The minimum Gasteiger partial charge on any atom is -0.350 e. The van der Waals surface area contributed by atoms with Gasteiger partial charge in [-0.1, -0.05) is 48.5 Å². The number of nitrogens with zero attached hydrogens (tertiary/aromatic N) is 5. The van der Waals surface area contributed by atoms with E-state index in [1.165, 1.54) is 18.2 Å². The Hall–Kier alpha value is -3.69. The maximum absolute atomic E-state index is 13.1. The number of benzene rings is 2. The van der Waals surface area contributed by atoms with Crippen LogP contribution in [0.5, 0.6) is 0 Å². The molecule has 10 heteroatoms. The Morgan fingerprint density at radius 1 is 0.933 bits per heavy atom. The number of hydrazone groups is 1. The van der Waals surface area contributed by atoms with Crippen LogP contribution in [0.1, 0.15) is 16.7 Å². The lowest BCUT2D eigenvalue weighted by atomic mass is 10.1. The molecule has 156 valence electrons. The highest BCUT2D eigenvalue weighted by Gasteiger charge is 2.32. The predicted octanol–water partition coefficient (Wildman–Crippen LogP) is 4.01. The molecule has 7 nitrogen and oxygen atoms in total. The Morgan fingerprint density at radius 2 is 1.60 bits per heavy atom. The van der Waals surface area contributed by atoms with Gasteiger partial charge in [0.15, 0.2) is 0 Å². The second-order valence-electron chi connectivity index (χ2n) is 6.47. The van der Waals surface area contributed by atoms with E-state index in [-0.39, 0.29) is 11.5 Å². The van der Waals surface area contributed by atoms with E-state index in [1.54, 1.807) is 19.0 Å². The fourth-order valence-electron chi connectivity index (χ4n) is 2.50. The maximum Gasteiger partial charge on any atom is 0.417 e. The lowest BCUT2D eigenvalue weighted by molar-refractivity contribution is -0.137. The monoisotopic (exact) mass is 415 g/mol. The minimum atomic E-state index is -4.47. The lowest BCUT2D eigenvalue weighted by Gasteiger charge is -2.13. The number of rotatable bonds is 7. The molecule has 0 aliphatic heterocycles. The van der Waals surface area contributed by atoms with Crippen LogP contribution < -0.4 is 15.6 Å². The first-order valence-electron chi connectivity index (χ1n) is 8.99. The van der Waals surface area contributed by atoms with Crippen LogP contribution in [-0.2, 0) is 12.7 Å². The van der Waals surface area contributed by atoms with Crippen LogP contribution in [0.4, 0.5) is 31.0 Å². The molecule has 0 aliphatic rings. The maximum atomic E-state index is 13.1. The molecule has 0 fully saturated rings. The highest BCUT2D eigenvalue weighted by atomic mass is 19.4. The molecule has 3 rings (SSSR count). The zero-order valence-corrected chi connectivity index (χ0v) is 16.4. The fourth-order valence-corrected chi connectivity index (χ4v) is 2.50. The van der Waals surface area contributed by atoms with Gasteiger partial charge in [0, 0.05) is 26.2 Å². The van der Waals surface area contributed by atoms with Gasteiger partial charge in [-0.25, -0.2) is 5.43 Å². The summed E-state index contributed by atoms with van der Waals surface area (Å²) in [5, 5.41) is 6.98. The molecule has 0 amide bonds. The van der Waals surface area contributed by atoms with Gasteiger partial charge in [0.1, 0.15) is 0 Å². The number of halogens is 3. The Morgan fingerprint density at radius 3 is 2.30 bits per heavy atom. The molecule has 0 saturated heterocycles. The summed E-state index contributed by atoms with van der Waals surface area (Å²) < 4.78 is 39.3. The first kappa shape index (κ1) is 21.0. The molecule has 3 aromatic rings. The van der Waals surface area contributed by atoms with E-state index >= 15 is 0 Å². The van der Waals surface area contributed by atoms with Crippen molar-refractivity contribution in [2.45, 2.75) is 12.7 Å². The number of alkyl halides is 3. The van der Waals surface area contributed by atoms with Gasteiger partial charge in [0.05, 0.1) is 11.8 Å². The van der Waals surface area contributed by atoms with Gasteiger partial charge in [-0.3, -0.25) is 0 Å². The third kappa shape index (κ3) is 5.66.